The highest BCUT2D eigenvalue weighted by Gasteiger charge is 2.24. The fourth-order valence-electron chi connectivity index (χ4n) is 3.56. The number of aromatic nitrogens is 1. The number of fused-ring (bicyclic) bond motifs is 1. The average Bonchev–Trinajstić information content (AvgIpc) is 2.80. The number of amides is 2. The van der Waals surface area contributed by atoms with Gasteiger partial charge in [-0.3, -0.25) is 14.5 Å². The monoisotopic (exact) mass is 422 g/mol. The first-order chi connectivity index (χ1) is 15.0. The molecule has 1 saturated heterocycles. The largest absolute Gasteiger partial charge is 0.497 e. The first kappa shape index (κ1) is 20.7. The van der Waals surface area contributed by atoms with E-state index in [0.29, 0.717) is 37.6 Å². The van der Waals surface area contributed by atoms with E-state index >= 15 is 0 Å². The molecule has 1 aliphatic heterocycles. The van der Waals surface area contributed by atoms with Crippen molar-refractivity contribution < 1.29 is 18.7 Å². The van der Waals surface area contributed by atoms with E-state index in [1.807, 2.05) is 29.2 Å². The third-order valence-electron chi connectivity index (χ3n) is 5.27. The van der Waals surface area contributed by atoms with Crippen LogP contribution in [0.5, 0.6) is 5.75 Å². The van der Waals surface area contributed by atoms with Crippen LogP contribution in [-0.4, -0.2) is 66.4 Å². The van der Waals surface area contributed by atoms with Crippen LogP contribution in [0.4, 0.5) is 10.1 Å². The van der Waals surface area contributed by atoms with Crippen molar-refractivity contribution in [2.45, 2.75) is 0 Å². The van der Waals surface area contributed by atoms with E-state index < -0.39 is 0 Å². The van der Waals surface area contributed by atoms with Crippen molar-refractivity contribution in [3.8, 4) is 5.75 Å². The smallest absolute Gasteiger partial charge is 0.272 e. The summed E-state index contributed by atoms with van der Waals surface area (Å²) < 4.78 is 18.2. The zero-order valence-electron chi connectivity index (χ0n) is 17.2. The maximum Gasteiger partial charge on any atom is 0.272 e. The molecule has 1 aromatic heterocycles. The third-order valence-corrected chi connectivity index (χ3v) is 5.27. The lowest BCUT2D eigenvalue weighted by Crippen LogP contribution is -2.50. The van der Waals surface area contributed by atoms with Crippen LogP contribution in [0.2, 0.25) is 0 Å². The number of hydrogen-bond acceptors (Lipinski definition) is 5. The molecule has 31 heavy (non-hydrogen) atoms. The molecule has 0 radical (unpaired) electrons. The number of benzene rings is 2. The van der Waals surface area contributed by atoms with Crippen LogP contribution < -0.4 is 10.1 Å². The van der Waals surface area contributed by atoms with Gasteiger partial charge in [0.25, 0.3) is 5.91 Å². The van der Waals surface area contributed by atoms with E-state index in [1.165, 1.54) is 24.3 Å². The molecule has 0 atom stereocenters. The third kappa shape index (κ3) is 4.97. The van der Waals surface area contributed by atoms with Crippen molar-refractivity contribution in [1.29, 1.82) is 0 Å². The second kappa shape index (κ2) is 9.09. The standard InChI is InChI=1S/C23H23FN4O3/c1-31-19-7-9-20-16(14-19)2-8-21(26-20)23(30)28-12-10-27(11-13-28)15-22(29)25-18-5-3-17(24)4-6-18/h2-9,14H,10-13,15H2,1H3,(H,25,29). The number of carbonyl (C=O) groups excluding carboxylic acids is 2. The highest BCUT2D eigenvalue weighted by Crippen LogP contribution is 2.20. The Balaban J connectivity index is 1.31. The van der Waals surface area contributed by atoms with Crippen LogP contribution in [0.15, 0.2) is 54.6 Å². The van der Waals surface area contributed by atoms with E-state index in [-0.39, 0.29) is 24.2 Å². The molecule has 3 aromatic rings. The number of nitrogens with one attached hydrogen (secondary N) is 1. The number of rotatable bonds is 5. The summed E-state index contributed by atoms with van der Waals surface area (Å²) in [6.45, 7) is 2.44. The molecule has 4 rings (SSSR count). The van der Waals surface area contributed by atoms with Crippen LogP contribution in [0.25, 0.3) is 10.9 Å². The SMILES string of the molecule is COc1ccc2nc(C(=O)N3CCN(CC(=O)Nc4ccc(F)cc4)CC3)ccc2c1. The minimum Gasteiger partial charge on any atom is -0.497 e. The fourth-order valence-corrected chi connectivity index (χ4v) is 3.56. The maximum absolute atomic E-state index is 13.0. The minimum atomic E-state index is -0.348. The molecular weight excluding hydrogens is 399 g/mol. The summed E-state index contributed by atoms with van der Waals surface area (Å²) in [5, 5.41) is 3.66. The molecule has 0 aliphatic carbocycles. The lowest BCUT2D eigenvalue weighted by molar-refractivity contribution is -0.117. The Morgan fingerprint density at radius 3 is 2.48 bits per heavy atom. The highest BCUT2D eigenvalue weighted by atomic mass is 19.1. The van der Waals surface area contributed by atoms with Crippen molar-refractivity contribution in [2.75, 3.05) is 45.2 Å². The van der Waals surface area contributed by atoms with Gasteiger partial charge in [0.15, 0.2) is 0 Å². The van der Waals surface area contributed by atoms with E-state index in [2.05, 4.69) is 10.3 Å². The number of carbonyl (C=O) groups is 2. The van der Waals surface area contributed by atoms with Gasteiger partial charge in [0.1, 0.15) is 17.3 Å². The molecule has 160 valence electrons. The summed E-state index contributed by atoms with van der Waals surface area (Å²) in [4.78, 5) is 33.3. The number of nitrogens with zero attached hydrogens (tertiary/aromatic N) is 3. The fraction of sp³-hybridized carbons (Fsp3) is 0.261. The van der Waals surface area contributed by atoms with Gasteiger partial charge in [0, 0.05) is 37.3 Å². The van der Waals surface area contributed by atoms with Gasteiger partial charge in [-0.2, -0.15) is 0 Å². The number of ether oxygens (including phenoxy) is 1. The van der Waals surface area contributed by atoms with Gasteiger partial charge in [-0.1, -0.05) is 6.07 Å². The maximum atomic E-state index is 13.0. The minimum absolute atomic E-state index is 0.117. The molecule has 0 unspecified atom stereocenters. The van der Waals surface area contributed by atoms with Crippen LogP contribution in [-0.2, 0) is 4.79 Å². The van der Waals surface area contributed by atoms with Gasteiger partial charge in [0.2, 0.25) is 5.91 Å². The normalized spacial score (nSPS) is 14.5. The first-order valence-corrected chi connectivity index (χ1v) is 10.0. The number of pyridine rings is 1. The van der Waals surface area contributed by atoms with Crippen molar-refractivity contribution in [3.63, 3.8) is 0 Å². The summed E-state index contributed by atoms with van der Waals surface area (Å²) >= 11 is 0. The number of hydrogen-bond donors (Lipinski definition) is 1. The van der Waals surface area contributed by atoms with Gasteiger partial charge >= 0.3 is 0 Å². The Kier molecular flexibility index (Phi) is 6.08. The molecule has 2 amide bonds. The summed E-state index contributed by atoms with van der Waals surface area (Å²) in [5.41, 5.74) is 1.70. The van der Waals surface area contributed by atoms with Crippen LogP contribution >= 0.6 is 0 Å². The molecule has 0 bridgehead atoms. The van der Waals surface area contributed by atoms with Gasteiger partial charge in [0.05, 0.1) is 19.2 Å². The van der Waals surface area contributed by atoms with Gasteiger partial charge in [-0.05, 0) is 48.5 Å². The first-order valence-electron chi connectivity index (χ1n) is 10.0. The topological polar surface area (TPSA) is 74.8 Å². The molecule has 2 heterocycles. The van der Waals surface area contributed by atoms with Crippen LogP contribution in [0.3, 0.4) is 0 Å². The van der Waals surface area contributed by atoms with Crippen molar-refractivity contribution in [3.05, 3.63) is 66.1 Å². The quantitative estimate of drug-likeness (QED) is 0.685. The van der Waals surface area contributed by atoms with E-state index in [0.717, 1.165) is 16.7 Å². The van der Waals surface area contributed by atoms with E-state index in [4.69, 9.17) is 4.74 Å². The lowest BCUT2D eigenvalue weighted by atomic mass is 10.1. The molecule has 0 saturated carbocycles. The second-order valence-corrected chi connectivity index (χ2v) is 7.38. The Morgan fingerprint density at radius 1 is 1.03 bits per heavy atom. The summed E-state index contributed by atoms with van der Waals surface area (Å²) in [5.74, 6) is 0.110. The van der Waals surface area contributed by atoms with E-state index in [1.54, 1.807) is 18.1 Å². The predicted molar refractivity (Wildman–Crippen MR) is 116 cm³/mol. The lowest BCUT2D eigenvalue weighted by Gasteiger charge is -2.34. The van der Waals surface area contributed by atoms with Crippen LogP contribution in [0.1, 0.15) is 10.5 Å². The van der Waals surface area contributed by atoms with Crippen LogP contribution in [0, 0.1) is 5.82 Å². The van der Waals surface area contributed by atoms with Gasteiger partial charge in [-0.25, -0.2) is 9.37 Å². The Labute approximate surface area is 179 Å². The van der Waals surface area contributed by atoms with Gasteiger partial charge in [-0.15, -0.1) is 0 Å². The Bertz CT molecular complexity index is 1100. The molecule has 1 fully saturated rings. The second-order valence-electron chi connectivity index (χ2n) is 7.38. The molecule has 8 heteroatoms. The Morgan fingerprint density at radius 2 is 1.77 bits per heavy atom. The summed E-state index contributed by atoms with van der Waals surface area (Å²) in [6.07, 6.45) is 0. The number of anilines is 1. The number of methoxy groups -OCH3 is 1. The number of halogens is 1. The molecule has 1 N–H and O–H groups in total. The predicted octanol–water partition coefficient (Wildman–Crippen LogP) is 2.78. The average molecular weight is 422 g/mol. The van der Waals surface area contributed by atoms with Crippen molar-refractivity contribution >= 4 is 28.4 Å². The molecule has 1 aliphatic rings. The molecule has 7 nitrogen and oxygen atoms in total. The number of piperazine rings is 1. The highest BCUT2D eigenvalue weighted by molar-refractivity contribution is 5.95. The van der Waals surface area contributed by atoms with Crippen molar-refractivity contribution in [2.24, 2.45) is 0 Å². The van der Waals surface area contributed by atoms with E-state index in [9.17, 15) is 14.0 Å². The Hall–Kier alpha value is -3.52. The summed E-state index contributed by atoms with van der Waals surface area (Å²) in [6, 6.07) is 14.8. The zero-order chi connectivity index (χ0) is 21.8. The summed E-state index contributed by atoms with van der Waals surface area (Å²) in [7, 11) is 1.61. The molecular formula is C23H23FN4O3. The molecule has 0 spiro atoms. The van der Waals surface area contributed by atoms with Crippen molar-refractivity contribution in [1.82, 2.24) is 14.8 Å². The van der Waals surface area contributed by atoms with Gasteiger partial charge < -0.3 is 15.0 Å². The molecule has 2 aromatic carbocycles. The zero-order valence-corrected chi connectivity index (χ0v) is 17.2.